The summed E-state index contributed by atoms with van der Waals surface area (Å²) in [6.45, 7) is 1.92. The van der Waals surface area contributed by atoms with Crippen molar-refractivity contribution in [2.45, 2.75) is 18.7 Å². The van der Waals surface area contributed by atoms with Crippen molar-refractivity contribution in [2.75, 3.05) is 0 Å². The molecule has 0 aliphatic heterocycles. The second kappa shape index (κ2) is 4.66. The Hall–Kier alpha value is -1.35. The highest BCUT2D eigenvalue weighted by Gasteiger charge is 2.13. The fraction of sp³-hybridized carbons (Fsp3) is 0.250. The molecule has 1 unspecified atom stereocenters. The summed E-state index contributed by atoms with van der Waals surface area (Å²) in [5, 5.41) is -0.262. The third-order valence-corrected chi connectivity index (χ3v) is 2.90. The number of nitrogens with zero attached hydrogens (tertiary/aromatic N) is 1. The van der Waals surface area contributed by atoms with Crippen molar-refractivity contribution in [3.63, 3.8) is 0 Å². The molecule has 0 aliphatic rings. The molecule has 0 fully saturated rings. The van der Waals surface area contributed by atoms with Crippen LogP contribution in [0, 0.1) is 12.7 Å². The van der Waals surface area contributed by atoms with Gasteiger partial charge in [-0.25, -0.2) is 9.37 Å². The predicted molar refractivity (Wildman–Crippen MR) is 62.0 cm³/mol. The number of aryl methyl sites for hydroxylation is 1. The molecule has 1 heterocycles. The molecule has 4 heteroatoms. The average molecular weight is 239 g/mol. The summed E-state index contributed by atoms with van der Waals surface area (Å²) in [5.74, 6) is 0.550. The van der Waals surface area contributed by atoms with E-state index in [1.807, 2.05) is 6.92 Å². The van der Waals surface area contributed by atoms with Crippen LogP contribution in [-0.2, 0) is 6.42 Å². The van der Waals surface area contributed by atoms with Crippen LogP contribution in [-0.4, -0.2) is 9.97 Å². The Labute approximate surface area is 98.5 Å². The molecule has 0 spiro atoms. The lowest BCUT2D eigenvalue weighted by atomic mass is 10.0. The first-order chi connectivity index (χ1) is 7.66. The molecule has 84 valence electrons. The van der Waals surface area contributed by atoms with Crippen molar-refractivity contribution >= 4 is 11.6 Å². The molecule has 2 aromatic rings. The van der Waals surface area contributed by atoms with E-state index in [0.717, 1.165) is 17.0 Å². The second-order valence-corrected chi connectivity index (χ2v) is 4.24. The SMILES string of the molecule is Cc1ccc(F)cc1C(Cl)Cc1ncc[nH]1. The molecule has 1 atom stereocenters. The van der Waals surface area contributed by atoms with Gasteiger partial charge in [-0.1, -0.05) is 6.07 Å². The molecule has 1 aromatic heterocycles. The molecular weight excluding hydrogens is 227 g/mol. The van der Waals surface area contributed by atoms with Crippen LogP contribution in [0.5, 0.6) is 0 Å². The van der Waals surface area contributed by atoms with E-state index in [4.69, 9.17) is 11.6 Å². The van der Waals surface area contributed by atoms with Crippen LogP contribution in [0.2, 0.25) is 0 Å². The summed E-state index contributed by atoms with van der Waals surface area (Å²) in [6, 6.07) is 4.66. The number of aromatic nitrogens is 2. The van der Waals surface area contributed by atoms with E-state index in [0.29, 0.717) is 6.42 Å². The Morgan fingerprint density at radius 1 is 1.50 bits per heavy atom. The number of rotatable bonds is 3. The number of benzene rings is 1. The third kappa shape index (κ3) is 2.42. The van der Waals surface area contributed by atoms with Gasteiger partial charge in [0.25, 0.3) is 0 Å². The van der Waals surface area contributed by atoms with Crippen LogP contribution in [0.4, 0.5) is 4.39 Å². The number of halogens is 2. The first-order valence-electron chi connectivity index (χ1n) is 5.05. The van der Waals surface area contributed by atoms with Crippen molar-refractivity contribution in [1.29, 1.82) is 0 Å². The van der Waals surface area contributed by atoms with Gasteiger partial charge in [-0.05, 0) is 30.2 Å². The molecule has 1 aromatic carbocycles. The largest absolute Gasteiger partial charge is 0.349 e. The molecule has 2 nitrogen and oxygen atoms in total. The molecular formula is C12H12ClFN2. The summed E-state index contributed by atoms with van der Waals surface area (Å²) in [6.07, 6.45) is 3.99. The molecule has 0 amide bonds. The number of H-pyrrole nitrogens is 1. The van der Waals surface area contributed by atoms with Crippen LogP contribution in [0.3, 0.4) is 0 Å². The minimum Gasteiger partial charge on any atom is -0.349 e. The van der Waals surface area contributed by atoms with E-state index in [-0.39, 0.29) is 11.2 Å². The summed E-state index contributed by atoms with van der Waals surface area (Å²) in [7, 11) is 0. The zero-order chi connectivity index (χ0) is 11.5. The number of alkyl halides is 1. The molecule has 0 saturated carbocycles. The molecule has 0 saturated heterocycles. The van der Waals surface area contributed by atoms with Crippen LogP contribution in [0.25, 0.3) is 0 Å². The minimum atomic E-state index is -0.262. The summed E-state index contributed by atoms with van der Waals surface area (Å²) in [5.41, 5.74) is 1.81. The number of hydrogen-bond acceptors (Lipinski definition) is 1. The maximum absolute atomic E-state index is 13.1. The lowest BCUT2D eigenvalue weighted by Gasteiger charge is -2.11. The van der Waals surface area contributed by atoms with Gasteiger partial charge < -0.3 is 4.98 Å². The topological polar surface area (TPSA) is 28.7 Å². The number of aromatic amines is 1. The van der Waals surface area contributed by atoms with Gasteiger partial charge in [0.15, 0.2) is 0 Å². The zero-order valence-electron chi connectivity index (χ0n) is 8.87. The zero-order valence-corrected chi connectivity index (χ0v) is 9.63. The van der Waals surface area contributed by atoms with E-state index in [2.05, 4.69) is 9.97 Å². The number of nitrogens with one attached hydrogen (secondary N) is 1. The van der Waals surface area contributed by atoms with Crippen molar-refractivity contribution in [3.05, 3.63) is 53.4 Å². The quantitative estimate of drug-likeness (QED) is 0.816. The van der Waals surface area contributed by atoms with E-state index in [1.165, 1.54) is 12.1 Å². The summed E-state index contributed by atoms with van der Waals surface area (Å²) in [4.78, 5) is 7.08. The smallest absolute Gasteiger partial charge is 0.123 e. The predicted octanol–water partition coefficient (Wildman–Crippen LogP) is 3.38. The van der Waals surface area contributed by atoms with Crippen LogP contribution in [0.15, 0.2) is 30.6 Å². The van der Waals surface area contributed by atoms with Gasteiger partial charge in [-0.3, -0.25) is 0 Å². The fourth-order valence-electron chi connectivity index (χ4n) is 1.64. The normalized spacial score (nSPS) is 12.7. The lowest BCUT2D eigenvalue weighted by Crippen LogP contribution is -2.00. The van der Waals surface area contributed by atoms with Crippen molar-refractivity contribution < 1.29 is 4.39 Å². The van der Waals surface area contributed by atoms with E-state index in [9.17, 15) is 4.39 Å². The van der Waals surface area contributed by atoms with Gasteiger partial charge in [0.1, 0.15) is 11.6 Å². The fourth-order valence-corrected chi connectivity index (χ4v) is 2.02. The van der Waals surface area contributed by atoms with Gasteiger partial charge in [0, 0.05) is 18.8 Å². The first-order valence-corrected chi connectivity index (χ1v) is 5.49. The van der Waals surface area contributed by atoms with E-state index < -0.39 is 0 Å². The Morgan fingerprint density at radius 2 is 2.31 bits per heavy atom. The minimum absolute atomic E-state index is 0.259. The van der Waals surface area contributed by atoms with Gasteiger partial charge in [-0.2, -0.15) is 0 Å². The lowest BCUT2D eigenvalue weighted by molar-refractivity contribution is 0.623. The maximum atomic E-state index is 13.1. The van der Waals surface area contributed by atoms with Gasteiger partial charge in [0.05, 0.1) is 5.38 Å². The summed E-state index contributed by atoms with van der Waals surface area (Å²) >= 11 is 6.25. The van der Waals surface area contributed by atoms with Gasteiger partial charge in [0.2, 0.25) is 0 Å². The van der Waals surface area contributed by atoms with Crippen LogP contribution < -0.4 is 0 Å². The van der Waals surface area contributed by atoms with Crippen molar-refractivity contribution in [1.82, 2.24) is 9.97 Å². The molecule has 0 bridgehead atoms. The Bertz CT molecular complexity index is 468. The van der Waals surface area contributed by atoms with Crippen molar-refractivity contribution in [2.24, 2.45) is 0 Å². The number of imidazole rings is 1. The molecule has 0 aliphatic carbocycles. The average Bonchev–Trinajstić information content (AvgIpc) is 2.74. The molecule has 16 heavy (non-hydrogen) atoms. The van der Waals surface area contributed by atoms with Crippen LogP contribution in [0.1, 0.15) is 22.3 Å². The van der Waals surface area contributed by atoms with E-state index >= 15 is 0 Å². The Balaban J connectivity index is 2.20. The molecule has 0 radical (unpaired) electrons. The van der Waals surface area contributed by atoms with Gasteiger partial charge >= 0.3 is 0 Å². The highest BCUT2D eigenvalue weighted by Crippen LogP contribution is 2.27. The monoisotopic (exact) mass is 238 g/mol. The Kier molecular flexibility index (Phi) is 3.25. The molecule has 2 rings (SSSR count). The standard InChI is InChI=1S/C12H12ClFN2/c1-8-2-3-9(14)6-10(8)11(13)7-12-15-4-5-16-12/h2-6,11H,7H2,1H3,(H,15,16). The highest BCUT2D eigenvalue weighted by molar-refractivity contribution is 6.21. The maximum Gasteiger partial charge on any atom is 0.123 e. The van der Waals surface area contributed by atoms with Crippen LogP contribution >= 0.6 is 11.6 Å². The Morgan fingerprint density at radius 3 is 3.00 bits per heavy atom. The molecule has 1 N–H and O–H groups in total. The highest BCUT2D eigenvalue weighted by atomic mass is 35.5. The number of hydrogen-bond donors (Lipinski definition) is 1. The van der Waals surface area contributed by atoms with Crippen molar-refractivity contribution in [3.8, 4) is 0 Å². The second-order valence-electron chi connectivity index (χ2n) is 3.71. The van der Waals surface area contributed by atoms with E-state index in [1.54, 1.807) is 18.5 Å². The summed E-state index contributed by atoms with van der Waals surface area (Å²) < 4.78 is 13.1. The van der Waals surface area contributed by atoms with Gasteiger partial charge in [-0.15, -0.1) is 11.6 Å². The third-order valence-electron chi connectivity index (χ3n) is 2.51. The first kappa shape index (κ1) is 11.1.